The summed E-state index contributed by atoms with van der Waals surface area (Å²) in [7, 11) is 1.68. The normalized spacial score (nSPS) is 21.3. The fourth-order valence-corrected chi connectivity index (χ4v) is 2.43. The molecular formula is C11H14O3S. The maximum atomic E-state index is 5.56. The minimum Gasteiger partial charge on any atom is -0.496 e. The molecule has 1 atom stereocenters. The SMILES string of the molecule is COc1ccccc1SC1COCCO1. The van der Waals surface area contributed by atoms with Crippen molar-refractivity contribution in [2.75, 3.05) is 26.9 Å². The van der Waals surface area contributed by atoms with Gasteiger partial charge in [-0.25, -0.2) is 0 Å². The molecule has 4 heteroatoms. The average molecular weight is 226 g/mol. The van der Waals surface area contributed by atoms with Gasteiger partial charge in [0.15, 0.2) is 0 Å². The van der Waals surface area contributed by atoms with Crippen molar-refractivity contribution in [3.05, 3.63) is 24.3 Å². The highest BCUT2D eigenvalue weighted by atomic mass is 32.2. The first-order valence-corrected chi connectivity index (χ1v) is 5.77. The molecule has 3 nitrogen and oxygen atoms in total. The highest BCUT2D eigenvalue weighted by Gasteiger charge is 2.17. The lowest BCUT2D eigenvalue weighted by molar-refractivity contribution is -0.0498. The summed E-state index contributed by atoms with van der Waals surface area (Å²) in [4.78, 5) is 1.09. The van der Waals surface area contributed by atoms with Crippen LogP contribution in [0.4, 0.5) is 0 Å². The summed E-state index contributed by atoms with van der Waals surface area (Å²) >= 11 is 1.64. The molecule has 0 aliphatic carbocycles. The fraction of sp³-hybridized carbons (Fsp3) is 0.455. The van der Waals surface area contributed by atoms with Gasteiger partial charge in [0.1, 0.15) is 11.2 Å². The second-order valence-electron chi connectivity index (χ2n) is 3.14. The van der Waals surface area contributed by atoms with E-state index in [2.05, 4.69) is 0 Å². The molecule has 1 saturated heterocycles. The maximum Gasteiger partial charge on any atom is 0.132 e. The van der Waals surface area contributed by atoms with Gasteiger partial charge in [0.2, 0.25) is 0 Å². The Morgan fingerprint density at radius 3 is 2.93 bits per heavy atom. The minimum absolute atomic E-state index is 0.0787. The summed E-state index contributed by atoms with van der Waals surface area (Å²) in [5.74, 6) is 0.886. The molecule has 1 aromatic carbocycles. The van der Waals surface area contributed by atoms with Crippen molar-refractivity contribution in [2.24, 2.45) is 0 Å². The lowest BCUT2D eigenvalue weighted by atomic mass is 10.3. The third-order valence-corrected chi connectivity index (χ3v) is 3.24. The highest BCUT2D eigenvalue weighted by molar-refractivity contribution is 7.99. The van der Waals surface area contributed by atoms with Crippen LogP contribution in [-0.4, -0.2) is 32.4 Å². The summed E-state index contributed by atoms with van der Waals surface area (Å²) in [6.07, 6.45) is 0. The van der Waals surface area contributed by atoms with E-state index < -0.39 is 0 Å². The second-order valence-corrected chi connectivity index (χ2v) is 4.35. The number of thioether (sulfide) groups is 1. The largest absolute Gasteiger partial charge is 0.496 e. The summed E-state index contributed by atoms with van der Waals surface area (Å²) in [5, 5.41) is 0. The Balaban J connectivity index is 2.02. The van der Waals surface area contributed by atoms with Crippen LogP contribution in [0.1, 0.15) is 0 Å². The monoisotopic (exact) mass is 226 g/mol. The standard InChI is InChI=1S/C11H14O3S/c1-12-9-4-2-3-5-10(9)15-11-8-13-6-7-14-11/h2-5,11H,6-8H2,1H3. The van der Waals surface area contributed by atoms with Gasteiger partial charge in [-0.05, 0) is 12.1 Å². The van der Waals surface area contributed by atoms with Gasteiger partial charge >= 0.3 is 0 Å². The van der Waals surface area contributed by atoms with Crippen LogP contribution < -0.4 is 4.74 Å². The van der Waals surface area contributed by atoms with E-state index in [9.17, 15) is 0 Å². The first kappa shape index (κ1) is 10.8. The lowest BCUT2D eigenvalue weighted by Crippen LogP contribution is -2.25. The van der Waals surface area contributed by atoms with Crippen molar-refractivity contribution >= 4 is 11.8 Å². The van der Waals surface area contributed by atoms with Crippen LogP contribution in [0.25, 0.3) is 0 Å². The second kappa shape index (κ2) is 5.39. The van der Waals surface area contributed by atoms with E-state index in [4.69, 9.17) is 14.2 Å². The van der Waals surface area contributed by atoms with E-state index >= 15 is 0 Å². The molecule has 1 aliphatic rings. The van der Waals surface area contributed by atoms with Crippen molar-refractivity contribution in [3.8, 4) is 5.75 Å². The van der Waals surface area contributed by atoms with E-state index in [0.717, 1.165) is 10.6 Å². The number of benzene rings is 1. The van der Waals surface area contributed by atoms with Crippen molar-refractivity contribution in [3.63, 3.8) is 0 Å². The van der Waals surface area contributed by atoms with Crippen LogP contribution in [0.3, 0.4) is 0 Å². The third-order valence-electron chi connectivity index (χ3n) is 2.11. The Morgan fingerprint density at radius 2 is 2.20 bits per heavy atom. The Kier molecular flexibility index (Phi) is 3.88. The lowest BCUT2D eigenvalue weighted by Gasteiger charge is -2.22. The number of hydrogen-bond donors (Lipinski definition) is 0. The average Bonchev–Trinajstić information content (AvgIpc) is 2.31. The maximum absolute atomic E-state index is 5.56. The molecule has 1 heterocycles. The molecule has 1 aromatic rings. The number of methoxy groups -OCH3 is 1. The molecule has 15 heavy (non-hydrogen) atoms. The quantitative estimate of drug-likeness (QED) is 0.789. The summed E-state index contributed by atoms with van der Waals surface area (Å²) in [6, 6.07) is 7.93. The number of ether oxygens (including phenoxy) is 3. The molecule has 0 spiro atoms. The van der Waals surface area contributed by atoms with Gasteiger partial charge < -0.3 is 14.2 Å². The summed E-state index contributed by atoms with van der Waals surface area (Å²) in [5.41, 5.74) is 0.0787. The topological polar surface area (TPSA) is 27.7 Å². The van der Waals surface area contributed by atoms with E-state index in [1.54, 1.807) is 18.9 Å². The molecule has 1 unspecified atom stereocenters. The van der Waals surface area contributed by atoms with Crippen molar-refractivity contribution in [2.45, 2.75) is 10.3 Å². The van der Waals surface area contributed by atoms with Crippen LogP contribution >= 0.6 is 11.8 Å². The molecule has 0 radical (unpaired) electrons. The zero-order valence-electron chi connectivity index (χ0n) is 8.64. The van der Waals surface area contributed by atoms with Gasteiger partial charge in [0.05, 0.1) is 31.8 Å². The van der Waals surface area contributed by atoms with Gasteiger partial charge in [0.25, 0.3) is 0 Å². The summed E-state index contributed by atoms with van der Waals surface area (Å²) < 4.78 is 16.2. The molecule has 82 valence electrons. The van der Waals surface area contributed by atoms with E-state index in [-0.39, 0.29) is 5.44 Å². The molecule has 1 aliphatic heterocycles. The van der Waals surface area contributed by atoms with Crippen LogP contribution in [0.5, 0.6) is 5.75 Å². The molecule has 0 saturated carbocycles. The van der Waals surface area contributed by atoms with E-state index in [1.807, 2.05) is 24.3 Å². The molecule has 0 N–H and O–H groups in total. The summed E-state index contributed by atoms with van der Waals surface area (Å²) in [6.45, 7) is 2.01. The van der Waals surface area contributed by atoms with Crippen LogP contribution in [0.15, 0.2) is 29.2 Å². The van der Waals surface area contributed by atoms with Crippen LogP contribution in [0, 0.1) is 0 Å². The first-order valence-electron chi connectivity index (χ1n) is 4.89. The predicted octanol–water partition coefficient (Wildman–Crippen LogP) is 2.16. The van der Waals surface area contributed by atoms with Crippen molar-refractivity contribution < 1.29 is 14.2 Å². The number of para-hydroxylation sites is 1. The Labute approximate surface area is 93.7 Å². The molecule has 2 rings (SSSR count). The number of hydrogen-bond acceptors (Lipinski definition) is 4. The molecular weight excluding hydrogens is 212 g/mol. The Morgan fingerprint density at radius 1 is 1.33 bits per heavy atom. The van der Waals surface area contributed by atoms with Gasteiger partial charge in [0, 0.05) is 0 Å². The Hall–Kier alpha value is -0.710. The zero-order valence-corrected chi connectivity index (χ0v) is 9.46. The van der Waals surface area contributed by atoms with E-state index in [0.29, 0.717) is 19.8 Å². The zero-order chi connectivity index (χ0) is 10.5. The van der Waals surface area contributed by atoms with Gasteiger partial charge in [-0.3, -0.25) is 0 Å². The first-order chi connectivity index (χ1) is 7.40. The predicted molar refractivity (Wildman–Crippen MR) is 59.4 cm³/mol. The molecule has 1 fully saturated rings. The Bertz CT molecular complexity index is 310. The fourth-order valence-electron chi connectivity index (χ4n) is 1.39. The highest BCUT2D eigenvalue weighted by Crippen LogP contribution is 2.33. The minimum atomic E-state index is 0.0787. The molecule has 0 amide bonds. The number of rotatable bonds is 3. The van der Waals surface area contributed by atoms with Crippen molar-refractivity contribution in [1.82, 2.24) is 0 Å². The van der Waals surface area contributed by atoms with E-state index in [1.165, 1.54) is 0 Å². The van der Waals surface area contributed by atoms with Crippen molar-refractivity contribution in [1.29, 1.82) is 0 Å². The van der Waals surface area contributed by atoms with Gasteiger partial charge in [-0.2, -0.15) is 0 Å². The van der Waals surface area contributed by atoms with Crippen LogP contribution in [0.2, 0.25) is 0 Å². The van der Waals surface area contributed by atoms with Gasteiger partial charge in [-0.15, -0.1) is 0 Å². The third kappa shape index (κ3) is 2.87. The smallest absolute Gasteiger partial charge is 0.132 e. The van der Waals surface area contributed by atoms with Crippen LogP contribution in [-0.2, 0) is 9.47 Å². The molecule has 0 bridgehead atoms. The van der Waals surface area contributed by atoms with Gasteiger partial charge in [-0.1, -0.05) is 23.9 Å². The molecule has 0 aromatic heterocycles.